The maximum atomic E-state index is 12.6. The monoisotopic (exact) mass is 470 g/mol. The number of piperidine rings is 1. The van der Waals surface area contributed by atoms with E-state index in [2.05, 4.69) is 20.3 Å². The smallest absolute Gasteiger partial charge is 0.281 e. The van der Waals surface area contributed by atoms with E-state index in [0.29, 0.717) is 40.0 Å². The molecule has 1 aromatic carbocycles. The lowest BCUT2D eigenvalue weighted by Gasteiger charge is -2.31. The van der Waals surface area contributed by atoms with Gasteiger partial charge in [-0.25, -0.2) is 22.4 Å². The van der Waals surface area contributed by atoms with Gasteiger partial charge in [0.1, 0.15) is 5.82 Å². The number of aromatic amines is 1. The van der Waals surface area contributed by atoms with Crippen LogP contribution in [0, 0.1) is 0 Å². The Hall–Kier alpha value is -2.01. The van der Waals surface area contributed by atoms with Crippen molar-refractivity contribution in [3.63, 3.8) is 0 Å². The highest BCUT2D eigenvalue weighted by molar-refractivity contribution is 7.89. The van der Waals surface area contributed by atoms with Crippen molar-refractivity contribution in [2.24, 2.45) is 0 Å². The van der Waals surface area contributed by atoms with Crippen LogP contribution >= 0.6 is 23.2 Å². The lowest BCUT2D eigenvalue weighted by atomic mass is 9.99. The largest absolute Gasteiger partial charge is 0.308 e. The van der Waals surface area contributed by atoms with Crippen molar-refractivity contribution in [1.82, 2.24) is 29.3 Å². The third-order valence-corrected chi connectivity index (χ3v) is 7.85. The molecule has 12 heteroatoms. The van der Waals surface area contributed by atoms with E-state index in [-0.39, 0.29) is 30.3 Å². The summed E-state index contributed by atoms with van der Waals surface area (Å²) in [5.41, 5.74) is 0.645. The number of hydrogen-bond acceptors (Lipinski definition) is 6. The van der Waals surface area contributed by atoms with Crippen molar-refractivity contribution in [3.8, 4) is 0 Å². The van der Waals surface area contributed by atoms with E-state index in [0.717, 1.165) is 6.42 Å². The van der Waals surface area contributed by atoms with Crippen molar-refractivity contribution >= 4 is 44.4 Å². The van der Waals surface area contributed by atoms with Crippen molar-refractivity contribution in [3.05, 3.63) is 50.0 Å². The highest BCUT2D eigenvalue weighted by Crippen LogP contribution is 2.28. The van der Waals surface area contributed by atoms with E-state index >= 15 is 0 Å². The Bertz CT molecular complexity index is 1240. The molecule has 0 spiro atoms. The van der Waals surface area contributed by atoms with E-state index in [4.69, 9.17) is 23.2 Å². The van der Waals surface area contributed by atoms with Crippen molar-refractivity contribution < 1.29 is 8.42 Å². The summed E-state index contributed by atoms with van der Waals surface area (Å²) in [5, 5.41) is 8.94. The number of fused-ring (bicyclic) bond motifs is 1. The van der Waals surface area contributed by atoms with Gasteiger partial charge in [-0.3, -0.25) is 4.79 Å². The van der Waals surface area contributed by atoms with Crippen LogP contribution in [0.1, 0.15) is 37.1 Å². The first-order valence-electron chi connectivity index (χ1n) is 9.54. The van der Waals surface area contributed by atoms with Crippen molar-refractivity contribution in [2.45, 2.75) is 32.2 Å². The number of hydrogen-bond donors (Lipinski definition) is 1. The van der Waals surface area contributed by atoms with Gasteiger partial charge in [-0.15, -0.1) is 5.10 Å². The van der Waals surface area contributed by atoms with E-state index in [9.17, 15) is 13.2 Å². The molecule has 3 heterocycles. The van der Waals surface area contributed by atoms with Gasteiger partial charge in [-0.1, -0.05) is 34.5 Å². The van der Waals surface area contributed by atoms with Crippen LogP contribution in [0.2, 0.25) is 10.0 Å². The number of sulfonamides is 1. The summed E-state index contributed by atoms with van der Waals surface area (Å²) >= 11 is 12.5. The zero-order valence-corrected chi connectivity index (χ0v) is 18.5. The molecule has 9 nitrogen and oxygen atoms in total. The molecule has 1 aliphatic heterocycles. The molecule has 0 amide bonds. The Morgan fingerprint density at radius 1 is 1.27 bits per heavy atom. The van der Waals surface area contributed by atoms with Crippen LogP contribution in [0.5, 0.6) is 0 Å². The Balaban J connectivity index is 1.71. The molecule has 2 aromatic heterocycles. The fraction of sp³-hybridized carbons (Fsp3) is 0.444. The molecular weight excluding hydrogens is 451 g/mol. The standard InChI is InChI=1S/C18H20Cl2N6O3S/c1-2-30(28,29)25-8-4-5-11(9-25)16-21-17-15(18(27)22-16)23-24-26(17)10-12-13(19)6-3-7-14(12)20/h3,6-7,11H,2,4-5,8-10H2,1H3,(H,21,22,27)/t11-/m0/s1. The minimum atomic E-state index is -3.31. The normalized spacial score (nSPS) is 18.2. The van der Waals surface area contributed by atoms with Gasteiger partial charge in [0.15, 0.2) is 11.2 Å². The Morgan fingerprint density at radius 3 is 2.70 bits per heavy atom. The predicted molar refractivity (Wildman–Crippen MR) is 115 cm³/mol. The lowest BCUT2D eigenvalue weighted by molar-refractivity contribution is 0.309. The molecular formula is C18H20Cl2N6O3S. The number of rotatable bonds is 5. The van der Waals surface area contributed by atoms with E-state index in [1.807, 2.05) is 0 Å². The molecule has 1 fully saturated rings. The molecule has 4 rings (SSSR count). The molecule has 0 saturated carbocycles. The Morgan fingerprint density at radius 2 is 2.00 bits per heavy atom. The van der Waals surface area contributed by atoms with Gasteiger partial charge in [-0.05, 0) is 31.9 Å². The SMILES string of the molecule is CCS(=O)(=O)N1CCC[C@H](c2nc3c(nnn3Cc3c(Cl)cccc3Cl)c(=O)[nH]2)C1. The molecule has 0 aliphatic carbocycles. The summed E-state index contributed by atoms with van der Waals surface area (Å²) in [7, 11) is -3.31. The highest BCUT2D eigenvalue weighted by Gasteiger charge is 2.30. The molecule has 0 unspecified atom stereocenters. The summed E-state index contributed by atoms with van der Waals surface area (Å²) in [6, 6.07) is 5.19. The molecule has 160 valence electrons. The summed E-state index contributed by atoms with van der Waals surface area (Å²) in [4.78, 5) is 19.9. The van der Waals surface area contributed by atoms with Crippen LogP contribution in [0.15, 0.2) is 23.0 Å². The fourth-order valence-corrected chi connectivity index (χ4v) is 5.31. The minimum absolute atomic E-state index is 0.0397. The molecule has 1 atom stereocenters. The summed E-state index contributed by atoms with van der Waals surface area (Å²) in [6.45, 7) is 2.58. The van der Waals surface area contributed by atoms with Crippen LogP contribution in [-0.2, 0) is 16.6 Å². The third-order valence-electron chi connectivity index (χ3n) is 5.29. The van der Waals surface area contributed by atoms with Gasteiger partial charge >= 0.3 is 0 Å². The second kappa shape index (κ2) is 8.26. The second-order valence-corrected chi connectivity index (χ2v) is 10.2. The highest BCUT2D eigenvalue weighted by atomic mass is 35.5. The zero-order chi connectivity index (χ0) is 21.5. The van der Waals surface area contributed by atoms with Crippen LogP contribution in [-0.4, -0.2) is 56.5 Å². The molecule has 0 radical (unpaired) electrons. The van der Waals surface area contributed by atoms with Gasteiger partial charge in [0.05, 0.1) is 12.3 Å². The summed E-state index contributed by atoms with van der Waals surface area (Å²) in [6.07, 6.45) is 1.42. The molecule has 1 saturated heterocycles. The molecule has 1 N–H and O–H groups in total. The van der Waals surface area contributed by atoms with E-state index in [1.54, 1.807) is 25.1 Å². The number of aromatic nitrogens is 5. The number of nitrogens with one attached hydrogen (secondary N) is 1. The topological polar surface area (TPSA) is 114 Å². The quantitative estimate of drug-likeness (QED) is 0.612. The number of halogens is 2. The zero-order valence-electron chi connectivity index (χ0n) is 16.2. The van der Waals surface area contributed by atoms with Gasteiger partial charge < -0.3 is 4.98 Å². The Kier molecular flexibility index (Phi) is 5.84. The summed E-state index contributed by atoms with van der Waals surface area (Å²) in [5.74, 6) is 0.250. The van der Waals surface area contributed by atoms with Crippen LogP contribution in [0.4, 0.5) is 0 Å². The van der Waals surface area contributed by atoms with Crippen molar-refractivity contribution in [2.75, 3.05) is 18.8 Å². The van der Waals surface area contributed by atoms with Crippen molar-refractivity contribution in [1.29, 1.82) is 0 Å². The van der Waals surface area contributed by atoms with Gasteiger partial charge in [0, 0.05) is 34.6 Å². The molecule has 0 bridgehead atoms. The second-order valence-electron chi connectivity index (χ2n) is 7.17. The van der Waals surface area contributed by atoms with Gasteiger partial charge in [0.2, 0.25) is 10.0 Å². The first kappa shape index (κ1) is 21.2. The molecule has 3 aromatic rings. The van der Waals surface area contributed by atoms with Gasteiger partial charge in [0.25, 0.3) is 5.56 Å². The number of nitrogens with zero attached hydrogens (tertiary/aromatic N) is 5. The molecule has 30 heavy (non-hydrogen) atoms. The average molecular weight is 471 g/mol. The average Bonchev–Trinajstić information content (AvgIpc) is 3.14. The van der Waals surface area contributed by atoms with Crippen LogP contribution in [0.25, 0.3) is 11.2 Å². The van der Waals surface area contributed by atoms with E-state index < -0.39 is 15.6 Å². The number of benzene rings is 1. The minimum Gasteiger partial charge on any atom is -0.308 e. The maximum Gasteiger partial charge on any atom is 0.281 e. The number of H-pyrrole nitrogens is 1. The maximum absolute atomic E-state index is 12.6. The first-order chi connectivity index (χ1) is 14.3. The van der Waals surface area contributed by atoms with Crippen LogP contribution in [0.3, 0.4) is 0 Å². The lowest BCUT2D eigenvalue weighted by Crippen LogP contribution is -2.40. The first-order valence-corrected chi connectivity index (χ1v) is 11.9. The summed E-state index contributed by atoms with van der Waals surface area (Å²) < 4.78 is 27.5. The van der Waals surface area contributed by atoms with E-state index in [1.165, 1.54) is 8.99 Å². The fourth-order valence-electron chi connectivity index (χ4n) is 3.62. The molecule has 1 aliphatic rings. The predicted octanol–water partition coefficient (Wildman–Crippen LogP) is 2.40. The Labute approximate surface area is 183 Å². The third kappa shape index (κ3) is 3.96. The van der Waals surface area contributed by atoms with Gasteiger partial charge in [-0.2, -0.15) is 0 Å². The van der Waals surface area contributed by atoms with Crippen LogP contribution < -0.4 is 5.56 Å².